The largest absolute Gasteiger partial charge is 0.341 e. The van der Waals surface area contributed by atoms with Crippen molar-refractivity contribution < 1.29 is 4.79 Å². The first-order valence-electron chi connectivity index (χ1n) is 10.1. The second-order valence-corrected chi connectivity index (χ2v) is 8.65. The van der Waals surface area contributed by atoms with Gasteiger partial charge in [-0.2, -0.15) is 4.98 Å². The van der Waals surface area contributed by atoms with Crippen molar-refractivity contribution in [3.05, 3.63) is 69.4 Å². The predicted molar refractivity (Wildman–Crippen MR) is 130 cm³/mol. The summed E-state index contributed by atoms with van der Waals surface area (Å²) in [6.45, 7) is 4.01. The van der Waals surface area contributed by atoms with Gasteiger partial charge in [-0.3, -0.25) is 4.79 Å². The molecule has 7 heteroatoms. The minimum Gasteiger partial charge on any atom is -0.341 e. The summed E-state index contributed by atoms with van der Waals surface area (Å²) in [4.78, 5) is 24.0. The second-order valence-electron chi connectivity index (χ2n) is 7.41. The Morgan fingerprint density at radius 3 is 2.43 bits per heavy atom. The SMILES string of the molecule is Cc1cc(Nc2ccc(NC(=O)c3cccc(I)c3)cc2)nc(N2CCCCC2)n1. The lowest BCUT2D eigenvalue weighted by Crippen LogP contribution is -2.31. The molecule has 1 aromatic heterocycles. The van der Waals surface area contributed by atoms with E-state index < -0.39 is 0 Å². The smallest absolute Gasteiger partial charge is 0.255 e. The third kappa shape index (κ3) is 5.27. The van der Waals surface area contributed by atoms with Gasteiger partial charge >= 0.3 is 0 Å². The monoisotopic (exact) mass is 513 g/mol. The highest BCUT2D eigenvalue weighted by atomic mass is 127. The molecule has 1 aliphatic rings. The maximum atomic E-state index is 12.4. The molecule has 0 aliphatic carbocycles. The van der Waals surface area contributed by atoms with E-state index in [1.54, 1.807) is 0 Å². The number of nitrogens with zero attached hydrogens (tertiary/aromatic N) is 3. The van der Waals surface area contributed by atoms with Crippen LogP contribution in [-0.2, 0) is 0 Å². The summed E-state index contributed by atoms with van der Waals surface area (Å²) in [6, 6.07) is 17.1. The van der Waals surface area contributed by atoms with Crippen LogP contribution in [0, 0.1) is 10.5 Å². The molecule has 0 saturated carbocycles. The lowest BCUT2D eigenvalue weighted by Gasteiger charge is -2.27. The Morgan fingerprint density at radius 2 is 1.70 bits per heavy atom. The number of rotatable bonds is 5. The Kier molecular flexibility index (Phi) is 6.47. The second kappa shape index (κ2) is 9.42. The van der Waals surface area contributed by atoms with Crippen LogP contribution in [0.1, 0.15) is 35.3 Å². The Bertz CT molecular complexity index is 1030. The molecule has 1 amide bonds. The van der Waals surface area contributed by atoms with Gasteiger partial charge < -0.3 is 15.5 Å². The van der Waals surface area contributed by atoms with Crippen LogP contribution in [-0.4, -0.2) is 29.0 Å². The zero-order chi connectivity index (χ0) is 20.9. The quantitative estimate of drug-likeness (QED) is 0.449. The van der Waals surface area contributed by atoms with Gasteiger partial charge in [0.25, 0.3) is 5.91 Å². The van der Waals surface area contributed by atoms with E-state index in [9.17, 15) is 4.79 Å². The lowest BCUT2D eigenvalue weighted by molar-refractivity contribution is 0.102. The van der Waals surface area contributed by atoms with E-state index in [2.05, 4.69) is 43.1 Å². The Hall–Kier alpha value is -2.68. The molecular weight excluding hydrogens is 489 g/mol. The third-order valence-electron chi connectivity index (χ3n) is 4.98. The molecule has 2 aromatic carbocycles. The van der Waals surface area contributed by atoms with Gasteiger partial charge in [-0.05, 0) is 91.2 Å². The average Bonchev–Trinajstić information content (AvgIpc) is 2.75. The number of aryl methyl sites for hydroxylation is 1. The first kappa shape index (κ1) is 20.6. The highest BCUT2D eigenvalue weighted by Gasteiger charge is 2.15. The van der Waals surface area contributed by atoms with Crippen molar-refractivity contribution in [2.75, 3.05) is 28.6 Å². The molecule has 1 aliphatic heterocycles. The van der Waals surface area contributed by atoms with Crippen molar-refractivity contribution in [1.29, 1.82) is 0 Å². The van der Waals surface area contributed by atoms with Crippen molar-refractivity contribution in [3.8, 4) is 0 Å². The maximum Gasteiger partial charge on any atom is 0.255 e. The van der Waals surface area contributed by atoms with E-state index in [1.807, 2.05) is 61.5 Å². The summed E-state index contributed by atoms with van der Waals surface area (Å²) in [7, 11) is 0. The summed E-state index contributed by atoms with van der Waals surface area (Å²) in [6.07, 6.45) is 3.66. The van der Waals surface area contributed by atoms with E-state index in [4.69, 9.17) is 4.98 Å². The number of anilines is 4. The van der Waals surface area contributed by atoms with Crippen molar-refractivity contribution >= 4 is 51.6 Å². The van der Waals surface area contributed by atoms with Gasteiger partial charge in [0, 0.05) is 45.4 Å². The molecule has 154 valence electrons. The fraction of sp³-hybridized carbons (Fsp3) is 0.261. The molecule has 2 heterocycles. The van der Waals surface area contributed by atoms with Crippen molar-refractivity contribution in [3.63, 3.8) is 0 Å². The van der Waals surface area contributed by atoms with Crippen LogP contribution < -0.4 is 15.5 Å². The summed E-state index contributed by atoms with van der Waals surface area (Å²) in [5.41, 5.74) is 3.24. The van der Waals surface area contributed by atoms with E-state index in [0.717, 1.165) is 45.5 Å². The van der Waals surface area contributed by atoms with Crippen LogP contribution in [0.3, 0.4) is 0 Å². The first-order chi connectivity index (χ1) is 14.6. The van der Waals surface area contributed by atoms with Crippen LogP contribution >= 0.6 is 22.6 Å². The molecular formula is C23H24IN5O. The number of hydrogen-bond donors (Lipinski definition) is 2. The number of aromatic nitrogens is 2. The summed E-state index contributed by atoms with van der Waals surface area (Å²) < 4.78 is 1.03. The fourth-order valence-electron chi connectivity index (χ4n) is 3.47. The Morgan fingerprint density at radius 1 is 0.967 bits per heavy atom. The minimum absolute atomic E-state index is 0.119. The number of amides is 1. The van der Waals surface area contributed by atoms with E-state index in [-0.39, 0.29) is 5.91 Å². The average molecular weight is 513 g/mol. The van der Waals surface area contributed by atoms with E-state index >= 15 is 0 Å². The number of halogens is 1. The van der Waals surface area contributed by atoms with Gasteiger partial charge in [0.05, 0.1) is 0 Å². The Balaban J connectivity index is 1.43. The highest BCUT2D eigenvalue weighted by molar-refractivity contribution is 14.1. The molecule has 0 spiro atoms. The third-order valence-corrected chi connectivity index (χ3v) is 5.65. The van der Waals surface area contributed by atoms with Gasteiger partial charge in [0.2, 0.25) is 5.95 Å². The molecule has 0 radical (unpaired) electrons. The molecule has 1 saturated heterocycles. The standard InChI is InChI=1S/C23H24IN5O/c1-16-14-21(28-23(25-16)29-12-3-2-4-13-29)26-19-8-10-20(11-9-19)27-22(30)17-6-5-7-18(24)15-17/h5-11,14-15H,2-4,12-13H2,1H3,(H,27,30)(H,25,26,28). The zero-order valence-corrected chi connectivity index (χ0v) is 19.0. The maximum absolute atomic E-state index is 12.4. The normalized spacial score (nSPS) is 13.7. The lowest BCUT2D eigenvalue weighted by atomic mass is 10.1. The number of carbonyl (C=O) groups is 1. The first-order valence-corrected chi connectivity index (χ1v) is 11.2. The number of nitrogens with one attached hydrogen (secondary N) is 2. The van der Waals surface area contributed by atoms with Gasteiger partial charge in [-0.15, -0.1) is 0 Å². The molecule has 0 bridgehead atoms. The van der Waals surface area contributed by atoms with Crippen LogP contribution in [0.4, 0.5) is 23.1 Å². The van der Waals surface area contributed by atoms with Crippen LogP contribution in [0.15, 0.2) is 54.6 Å². The molecule has 3 aromatic rings. The van der Waals surface area contributed by atoms with Crippen LogP contribution in [0.25, 0.3) is 0 Å². The van der Waals surface area contributed by atoms with E-state index in [0.29, 0.717) is 5.56 Å². The summed E-state index contributed by atoms with van der Waals surface area (Å²) in [5, 5.41) is 6.29. The minimum atomic E-state index is -0.119. The Labute approximate surface area is 190 Å². The molecule has 2 N–H and O–H groups in total. The van der Waals surface area contributed by atoms with Gasteiger partial charge in [-0.25, -0.2) is 4.98 Å². The topological polar surface area (TPSA) is 70.2 Å². The molecule has 30 heavy (non-hydrogen) atoms. The number of hydrogen-bond acceptors (Lipinski definition) is 5. The summed E-state index contributed by atoms with van der Waals surface area (Å²) >= 11 is 2.20. The summed E-state index contributed by atoms with van der Waals surface area (Å²) in [5.74, 6) is 1.45. The van der Waals surface area contributed by atoms with E-state index in [1.165, 1.54) is 19.3 Å². The molecule has 4 rings (SSSR count). The fourth-order valence-corrected chi connectivity index (χ4v) is 4.01. The molecule has 6 nitrogen and oxygen atoms in total. The molecule has 1 fully saturated rings. The predicted octanol–water partition coefficient (Wildman–Crippen LogP) is 5.38. The van der Waals surface area contributed by atoms with Crippen molar-refractivity contribution in [1.82, 2.24) is 9.97 Å². The van der Waals surface area contributed by atoms with Crippen molar-refractivity contribution in [2.45, 2.75) is 26.2 Å². The van der Waals surface area contributed by atoms with Gasteiger partial charge in [-0.1, -0.05) is 6.07 Å². The number of benzene rings is 2. The molecule has 0 unspecified atom stereocenters. The zero-order valence-electron chi connectivity index (χ0n) is 16.9. The highest BCUT2D eigenvalue weighted by Crippen LogP contribution is 2.22. The number of carbonyl (C=O) groups excluding carboxylic acids is 1. The van der Waals surface area contributed by atoms with Gasteiger partial charge in [0.15, 0.2) is 0 Å². The van der Waals surface area contributed by atoms with Gasteiger partial charge in [0.1, 0.15) is 5.82 Å². The molecule has 0 atom stereocenters. The van der Waals surface area contributed by atoms with Crippen LogP contribution in [0.5, 0.6) is 0 Å². The van der Waals surface area contributed by atoms with Crippen molar-refractivity contribution in [2.24, 2.45) is 0 Å². The number of piperidine rings is 1. The van der Waals surface area contributed by atoms with Crippen LogP contribution in [0.2, 0.25) is 0 Å².